The summed E-state index contributed by atoms with van der Waals surface area (Å²) in [6.45, 7) is 3.32. The van der Waals surface area contributed by atoms with E-state index in [2.05, 4.69) is 15.9 Å². The first kappa shape index (κ1) is 17.5. The van der Waals surface area contributed by atoms with Crippen LogP contribution in [0.5, 0.6) is 0 Å². The molecule has 0 aliphatic rings. The quantitative estimate of drug-likeness (QED) is 0.858. The van der Waals surface area contributed by atoms with Crippen LogP contribution in [-0.4, -0.2) is 29.2 Å². The van der Waals surface area contributed by atoms with Crippen molar-refractivity contribution in [2.45, 2.75) is 32.5 Å². The molecule has 1 aromatic rings. The fourth-order valence-electron chi connectivity index (χ4n) is 1.69. The van der Waals surface area contributed by atoms with Crippen LogP contribution in [0, 0.1) is 13.8 Å². The molecule has 0 bridgehead atoms. The van der Waals surface area contributed by atoms with Gasteiger partial charge in [-0.1, -0.05) is 15.9 Å². The second kappa shape index (κ2) is 6.46. The first-order valence-electron chi connectivity index (χ1n) is 5.88. The van der Waals surface area contributed by atoms with Crippen LogP contribution in [0.2, 0.25) is 0 Å². The molecule has 0 aliphatic heterocycles. The number of rotatable bonds is 4. The van der Waals surface area contributed by atoms with Gasteiger partial charge in [-0.3, -0.25) is 4.79 Å². The summed E-state index contributed by atoms with van der Waals surface area (Å²) < 4.78 is 37.6. The number of nitrogens with one attached hydrogen (secondary N) is 1. The van der Waals surface area contributed by atoms with Gasteiger partial charge in [0.2, 0.25) is 0 Å². The van der Waals surface area contributed by atoms with E-state index in [1.807, 2.05) is 5.32 Å². The molecule has 0 spiro atoms. The molecule has 116 valence electrons. The van der Waals surface area contributed by atoms with Crippen molar-refractivity contribution in [1.29, 1.82) is 0 Å². The van der Waals surface area contributed by atoms with Gasteiger partial charge in [0.1, 0.15) is 6.04 Å². The summed E-state index contributed by atoms with van der Waals surface area (Å²) in [5, 5.41) is 10.7. The van der Waals surface area contributed by atoms with Crippen molar-refractivity contribution in [1.82, 2.24) is 5.32 Å². The number of aliphatic carboxylic acids is 1. The number of carbonyl (C=O) groups is 2. The molecule has 1 aromatic carbocycles. The first-order valence-corrected chi connectivity index (χ1v) is 6.67. The molecule has 4 nitrogen and oxygen atoms in total. The maximum absolute atomic E-state index is 12.3. The zero-order valence-corrected chi connectivity index (χ0v) is 12.8. The number of carboxylic acids is 1. The Labute approximate surface area is 127 Å². The van der Waals surface area contributed by atoms with Crippen LogP contribution in [0.25, 0.3) is 0 Å². The number of amides is 1. The van der Waals surface area contributed by atoms with E-state index in [1.54, 1.807) is 19.9 Å². The van der Waals surface area contributed by atoms with E-state index in [0.29, 0.717) is 11.1 Å². The van der Waals surface area contributed by atoms with E-state index in [9.17, 15) is 22.8 Å². The van der Waals surface area contributed by atoms with Gasteiger partial charge in [0, 0.05) is 10.0 Å². The van der Waals surface area contributed by atoms with Crippen molar-refractivity contribution in [2.24, 2.45) is 0 Å². The number of carboxylic acid groups (broad SMARTS) is 1. The van der Waals surface area contributed by atoms with Crippen LogP contribution >= 0.6 is 15.9 Å². The summed E-state index contributed by atoms with van der Waals surface area (Å²) in [6.07, 6.45) is -6.30. The molecule has 21 heavy (non-hydrogen) atoms. The molecule has 0 fully saturated rings. The molecule has 2 N–H and O–H groups in total. The number of hydrogen-bond acceptors (Lipinski definition) is 2. The Bertz CT molecular complexity index is 573. The third kappa shape index (κ3) is 5.04. The lowest BCUT2D eigenvalue weighted by atomic mass is 10.0. The molecule has 0 aliphatic carbocycles. The molecule has 0 radical (unpaired) electrons. The molecular weight excluding hydrogens is 355 g/mol. The van der Waals surface area contributed by atoms with Crippen LogP contribution in [0.15, 0.2) is 16.6 Å². The molecule has 0 aromatic heterocycles. The van der Waals surface area contributed by atoms with Gasteiger partial charge in [-0.15, -0.1) is 0 Å². The number of hydrogen-bond donors (Lipinski definition) is 2. The lowest BCUT2D eigenvalue weighted by Crippen LogP contribution is -2.43. The van der Waals surface area contributed by atoms with Gasteiger partial charge in [-0.25, -0.2) is 4.79 Å². The highest BCUT2D eigenvalue weighted by atomic mass is 79.9. The Morgan fingerprint density at radius 3 is 2.33 bits per heavy atom. The first-order chi connectivity index (χ1) is 9.51. The Morgan fingerprint density at radius 1 is 1.29 bits per heavy atom. The normalized spacial score (nSPS) is 12.9. The topological polar surface area (TPSA) is 66.4 Å². The van der Waals surface area contributed by atoms with E-state index in [0.717, 1.165) is 4.47 Å². The zero-order chi connectivity index (χ0) is 16.4. The number of alkyl halides is 3. The molecule has 0 saturated heterocycles. The Hall–Kier alpha value is -1.57. The molecule has 0 saturated carbocycles. The van der Waals surface area contributed by atoms with Gasteiger partial charge in [-0.05, 0) is 37.1 Å². The van der Waals surface area contributed by atoms with Gasteiger partial charge in [-0.2, -0.15) is 13.2 Å². The van der Waals surface area contributed by atoms with Crippen molar-refractivity contribution >= 4 is 27.8 Å². The second-order valence-electron chi connectivity index (χ2n) is 4.60. The molecule has 1 unspecified atom stereocenters. The van der Waals surface area contributed by atoms with Crippen LogP contribution in [-0.2, 0) is 4.79 Å². The lowest BCUT2D eigenvalue weighted by Gasteiger charge is -2.17. The fourth-order valence-corrected chi connectivity index (χ4v) is 2.15. The minimum Gasteiger partial charge on any atom is -0.480 e. The minimum atomic E-state index is -4.68. The van der Waals surface area contributed by atoms with E-state index < -0.39 is 30.5 Å². The fraction of sp³-hybridized carbons (Fsp3) is 0.385. The predicted molar refractivity (Wildman–Crippen MR) is 73.2 cm³/mol. The van der Waals surface area contributed by atoms with Gasteiger partial charge in [0.15, 0.2) is 0 Å². The summed E-state index contributed by atoms with van der Waals surface area (Å²) in [7, 11) is 0. The molecule has 0 heterocycles. The lowest BCUT2D eigenvalue weighted by molar-refractivity contribution is -0.157. The van der Waals surface area contributed by atoms with Crippen molar-refractivity contribution in [2.75, 3.05) is 0 Å². The highest BCUT2D eigenvalue weighted by Crippen LogP contribution is 2.23. The molecule has 8 heteroatoms. The van der Waals surface area contributed by atoms with Gasteiger partial charge >= 0.3 is 12.1 Å². The van der Waals surface area contributed by atoms with E-state index in [4.69, 9.17) is 5.11 Å². The molecule has 1 amide bonds. The summed E-state index contributed by atoms with van der Waals surface area (Å²) in [6, 6.07) is 1.12. The number of halogens is 4. The minimum absolute atomic E-state index is 0.143. The average molecular weight is 368 g/mol. The highest BCUT2D eigenvalue weighted by molar-refractivity contribution is 9.10. The highest BCUT2D eigenvalue weighted by Gasteiger charge is 2.36. The van der Waals surface area contributed by atoms with Gasteiger partial charge < -0.3 is 10.4 Å². The van der Waals surface area contributed by atoms with Crippen molar-refractivity contribution < 1.29 is 27.9 Å². The Kier molecular flexibility index (Phi) is 5.38. The second-order valence-corrected chi connectivity index (χ2v) is 5.45. The molecule has 1 atom stereocenters. The van der Waals surface area contributed by atoms with Crippen molar-refractivity contribution in [3.8, 4) is 0 Å². The number of aryl methyl sites for hydroxylation is 2. The van der Waals surface area contributed by atoms with Crippen molar-refractivity contribution in [3.05, 3.63) is 33.3 Å². The monoisotopic (exact) mass is 367 g/mol. The van der Waals surface area contributed by atoms with Crippen LogP contribution in [0.4, 0.5) is 13.2 Å². The van der Waals surface area contributed by atoms with Crippen LogP contribution in [0.1, 0.15) is 27.9 Å². The SMILES string of the molecule is Cc1cc(C(=O)NC(CC(F)(F)F)C(=O)O)c(C)cc1Br. The maximum atomic E-state index is 12.3. The largest absolute Gasteiger partial charge is 0.480 e. The van der Waals surface area contributed by atoms with Gasteiger partial charge in [0.05, 0.1) is 6.42 Å². The maximum Gasteiger partial charge on any atom is 0.391 e. The van der Waals surface area contributed by atoms with E-state index >= 15 is 0 Å². The summed E-state index contributed by atoms with van der Waals surface area (Å²) in [5.74, 6) is -2.58. The zero-order valence-electron chi connectivity index (χ0n) is 11.2. The summed E-state index contributed by atoms with van der Waals surface area (Å²) >= 11 is 3.27. The molecule has 1 rings (SSSR count). The van der Waals surface area contributed by atoms with Crippen molar-refractivity contribution in [3.63, 3.8) is 0 Å². The van der Waals surface area contributed by atoms with E-state index in [-0.39, 0.29) is 5.56 Å². The standard InChI is InChI=1S/C13H13BrF3NO3/c1-6-4-9(14)7(2)3-8(6)11(19)18-10(12(20)21)5-13(15,16)17/h3-4,10H,5H2,1-2H3,(H,18,19)(H,20,21). The van der Waals surface area contributed by atoms with Gasteiger partial charge in [0.25, 0.3) is 5.91 Å². The predicted octanol–water partition coefficient (Wildman–Crippen LogP) is 3.20. The summed E-state index contributed by atoms with van der Waals surface area (Å²) in [4.78, 5) is 22.8. The van der Waals surface area contributed by atoms with Crippen LogP contribution < -0.4 is 5.32 Å². The Morgan fingerprint density at radius 2 is 1.86 bits per heavy atom. The Balaban J connectivity index is 2.98. The number of benzene rings is 1. The average Bonchev–Trinajstić information content (AvgIpc) is 2.31. The third-order valence-electron chi connectivity index (χ3n) is 2.79. The number of carbonyl (C=O) groups excluding carboxylic acids is 1. The summed E-state index contributed by atoms with van der Waals surface area (Å²) in [5.41, 5.74) is 1.39. The van der Waals surface area contributed by atoms with E-state index in [1.165, 1.54) is 6.07 Å². The third-order valence-corrected chi connectivity index (χ3v) is 3.64. The molecular formula is C13H13BrF3NO3. The smallest absolute Gasteiger partial charge is 0.391 e. The van der Waals surface area contributed by atoms with Crippen LogP contribution in [0.3, 0.4) is 0 Å².